The molecule has 2 aromatic carbocycles. The monoisotopic (exact) mass is 1240 g/mol. The Kier molecular flexibility index (Phi) is 20.3. The molecule has 4 aromatic rings. The van der Waals surface area contributed by atoms with Crippen molar-refractivity contribution in [1.29, 1.82) is 0 Å². The molecule has 2 aromatic heterocycles. The summed E-state index contributed by atoms with van der Waals surface area (Å²) in [5.74, 6) is 0.293. The highest BCUT2D eigenvalue weighted by Gasteiger charge is 2.48. The summed E-state index contributed by atoms with van der Waals surface area (Å²) in [5.41, 5.74) is 4.13. The Labute approximate surface area is 473 Å². The van der Waals surface area contributed by atoms with Gasteiger partial charge < -0.3 is 54.6 Å². The molecule has 28 nitrogen and oxygen atoms in total. The summed E-state index contributed by atoms with van der Waals surface area (Å²) in [7, 11) is -26.1. The zero-order valence-electron chi connectivity index (χ0n) is 45.3. The molecule has 1 amide bonds. The maximum atomic E-state index is 12.8. The van der Waals surface area contributed by atoms with Crippen LogP contribution < -0.4 is 15.5 Å². The lowest BCUT2D eigenvalue weighted by molar-refractivity contribution is -0.438. The Hall–Kier alpha value is -4.94. The summed E-state index contributed by atoms with van der Waals surface area (Å²) in [6.45, 7) is 11.1. The van der Waals surface area contributed by atoms with Gasteiger partial charge in [-0.15, -0.1) is 0 Å². The van der Waals surface area contributed by atoms with Crippen molar-refractivity contribution in [2.45, 2.75) is 131 Å². The number of carbonyl (C=O) groups excluding carboxylic acids is 1. The number of likely N-dealkylation sites (N-methyl/N-ethyl adjacent to an activating group) is 1. The maximum Gasteiger partial charge on any atom is 0.490 e. The van der Waals surface area contributed by atoms with Gasteiger partial charge in [-0.1, -0.05) is 44.9 Å². The number of nitrogens with one attached hydrogen (secondary N) is 2. The average molecular weight is 1250 g/mol. The molecule has 0 radical (unpaired) electrons. The summed E-state index contributed by atoms with van der Waals surface area (Å²) >= 11 is 0. The number of carbonyl (C=O) groups is 1. The number of aliphatic hydroxyl groups excluding tert-OH is 2. The number of amides is 1. The van der Waals surface area contributed by atoms with Gasteiger partial charge in [0.15, 0.2) is 28.9 Å². The molecule has 0 spiro atoms. The van der Waals surface area contributed by atoms with E-state index in [1.807, 2.05) is 65.0 Å². The number of hydrogen-bond acceptors (Lipinski definition) is 20. The van der Waals surface area contributed by atoms with Gasteiger partial charge >= 0.3 is 23.5 Å². The summed E-state index contributed by atoms with van der Waals surface area (Å²) < 4.78 is 125. The second kappa shape index (κ2) is 25.7. The van der Waals surface area contributed by atoms with Crippen molar-refractivity contribution in [3.8, 4) is 0 Å². The molecule has 3 aliphatic rings. The fraction of sp³-hybridized carbons (Fsp3) is 0.490. The van der Waals surface area contributed by atoms with Gasteiger partial charge in [-0.25, -0.2) is 37.1 Å². The van der Waals surface area contributed by atoms with Gasteiger partial charge in [0.2, 0.25) is 11.6 Å². The number of aromatic nitrogens is 4. The molecule has 450 valence electrons. The lowest BCUT2D eigenvalue weighted by Gasteiger charge is -2.25. The SMILES string of the molecule is CCN1/C(=C/C=C/C=C/C2=[N+](CCCCCC(=O)NCCCCCCNc3ncnc4c3ncn4[C@@H]3O[C@H](COP(=O)(O)OP(=O)(O)OP(=O)(O)O)[C@@H](O)[C@H]3O)c3ccc(S(=O)(=O)O)cc3C2(C)C)C(C)(C)c2cc(S(=O)(=O)[O-])ccc21. The van der Waals surface area contributed by atoms with Gasteiger partial charge in [0.25, 0.3) is 10.1 Å². The lowest BCUT2D eigenvalue weighted by atomic mass is 9.81. The number of fused-ring (bicyclic) bond motifs is 3. The minimum absolute atomic E-state index is 0.0629. The number of anilines is 2. The largest absolute Gasteiger partial charge is 0.744 e. The first-order valence-corrected chi connectivity index (χ1v) is 33.3. The van der Waals surface area contributed by atoms with E-state index in [9.17, 15) is 64.4 Å². The van der Waals surface area contributed by atoms with Crippen LogP contribution in [0.1, 0.15) is 103 Å². The topological polar surface area (TPSA) is 412 Å². The van der Waals surface area contributed by atoms with Gasteiger partial charge in [-0.2, -0.15) is 21.6 Å². The molecule has 7 rings (SSSR count). The van der Waals surface area contributed by atoms with Crippen LogP contribution in [0.5, 0.6) is 0 Å². The van der Waals surface area contributed by atoms with Gasteiger partial charge in [0.1, 0.15) is 41.3 Å². The summed E-state index contributed by atoms with van der Waals surface area (Å²) in [6, 6.07) is 9.02. The highest BCUT2D eigenvalue weighted by molar-refractivity contribution is 7.86. The lowest BCUT2D eigenvalue weighted by Crippen LogP contribution is -2.33. The van der Waals surface area contributed by atoms with Gasteiger partial charge in [-0.05, 0) is 88.4 Å². The third-order valence-corrected chi connectivity index (χ3v) is 19.6. The molecule has 0 saturated carbocycles. The minimum Gasteiger partial charge on any atom is -0.744 e. The highest BCUT2D eigenvalue weighted by Crippen LogP contribution is 2.66. The molecule has 6 atom stereocenters. The average Bonchev–Trinajstić information content (AvgIpc) is 4.10. The van der Waals surface area contributed by atoms with Crippen molar-refractivity contribution in [2.75, 3.05) is 43.0 Å². The summed E-state index contributed by atoms with van der Waals surface area (Å²) in [4.78, 5) is 63.8. The van der Waals surface area contributed by atoms with Gasteiger partial charge in [0, 0.05) is 67.0 Å². The van der Waals surface area contributed by atoms with Crippen molar-refractivity contribution < 1.29 is 96.7 Å². The number of ether oxygens (including phenoxy) is 1. The number of nitrogens with zero attached hydrogens (tertiary/aromatic N) is 6. The molecule has 0 bridgehead atoms. The summed E-state index contributed by atoms with van der Waals surface area (Å²) in [5, 5.41) is 27.5. The maximum absolute atomic E-state index is 12.8. The number of hydrogen-bond donors (Lipinski definition) is 9. The molecule has 3 aliphatic heterocycles. The molecule has 33 heteroatoms. The van der Waals surface area contributed by atoms with E-state index in [0.29, 0.717) is 44.8 Å². The van der Waals surface area contributed by atoms with E-state index in [1.165, 1.54) is 41.5 Å². The predicted molar refractivity (Wildman–Crippen MR) is 295 cm³/mol. The van der Waals surface area contributed by atoms with Gasteiger partial charge in [-0.3, -0.25) is 18.4 Å². The summed E-state index contributed by atoms with van der Waals surface area (Å²) in [6.07, 6.45) is 11.3. The standard InChI is InChI=1S/C49H67N8O20P3S2/c1-6-55-36-22-20-32(81(68,69)70)27-34(36)48(2,3)39(55)17-11-9-12-18-40-49(4,5)35-28-33(82(71,72)73)21-23-37(35)56(40)26-16-10-13-19-41(58)50-24-14-7-8-15-25-51-45-42-46(53-30-52-45)57(31-54-42)47-44(60)43(59)38(75-47)29-74-79(64,65)77-80(66,67)76-78(61,62)63/h9,11-12,17-18,20-23,27-28,30-31,38,43-44,47,59-60H,6-8,10,13-16,19,24-26,29H2,1-5H3,(H7-,50,51,52,53,58,61,62,63,64,65,66,67,68,69,70,71,72,73)/t38-,43-,44-,47-/m1/s1. The third kappa shape index (κ3) is 15.5. The van der Waals surface area contributed by atoms with E-state index in [2.05, 4.69) is 48.2 Å². The number of benzene rings is 2. The second-order valence-corrected chi connectivity index (χ2v) is 27.8. The van der Waals surface area contributed by atoms with Crippen LogP contribution in [0, 0.1) is 0 Å². The Morgan fingerprint density at radius 1 is 0.829 bits per heavy atom. The second-order valence-electron chi connectivity index (χ2n) is 20.6. The van der Waals surface area contributed by atoms with Crippen LogP contribution in [0.4, 0.5) is 17.2 Å². The molecule has 82 heavy (non-hydrogen) atoms. The first kappa shape index (κ1) is 64.6. The molecular formula is C49H67N8O20P3S2. The van der Waals surface area contributed by atoms with Crippen LogP contribution in [0.15, 0.2) is 94.9 Å². The molecule has 1 fully saturated rings. The number of rotatable bonds is 28. The van der Waals surface area contributed by atoms with Crippen molar-refractivity contribution >= 4 is 83.7 Å². The van der Waals surface area contributed by atoms with E-state index < -0.39 is 85.7 Å². The first-order valence-electron chi connectivity index (χ1n) is 25.9. The smallest absolute Gasteiger partial charge is 0.490 e. The van der Waals surface area contributed by atoms with E-state index in [-0.39, 0.29) is 26.9 Å². The first-order chi connectivity index (χ1) is 38.3. The van der Waals surface area contributed by atoms with Crippen LogP contribution in [0.25, 0.3) is 11.2 Å². The molecule has 9 N–H and O–H groups in total. The fourth-order valence-corrected chi connectivity index (χ4v) is 14.2. The number of imidazole rings is 1. The number of unbranched alkanes of at least 4 members (excludes halogenated alkanes) is 5. The number of aliphatic hydroxyl groups is 2. The zero-order chi connectivity index (χ0) is 60.2. The van der Waals surface area contributed by atoms with Crippen molar-refractivity contribution in [1.82, 2.24) is 24.8 Å². The number of phosphoric ester groups is 1. The Bertz CT molecular complexity index is 3550. The van der Waals surface area contributed by atoms with Crippen molar-refractivity contribution in [2.24, 2.45) is 0 Å². The minimum atomic E-state index is -5.79. The van der Waals surface area contributed by atoms with Crippen LogP contribution in [-0.4, -0.2) is 143 Å². The molecule has 5 heterocycles. The number of phosphoric acid groups is 3. The van der Waals surface area contributed by atoms with Crippen LogP contribution in [0.2, 0.25) is 0 Å². The zero-order valence-corrected chi connectivity index (χ0v) is 49.6. The van der Waals surface area contributed by atoms with Crippen molar-refractivity contribution in [3.05, 3.63) is 96.3 Å². The molecule has 0 aliphatic carbocycles. The quantitative estimate of drug-likeness (QED) is 0.0112. The van der Waals surface area contributed by atoms with Crippen LogP contribution in [-0.2, 0) is 67.4 Å². The Balaban J connectivity index is 0.848. The van der Waals surface area contributed by atoms with Gasteiger partial charge in [0.05, 0.1) is 28.1 Å². The van der Waals surface area contributed by atoms with E-state index in [0.717, 1.165) is 72.4 Å². The van der Waals surface area contributed by atoms with Crippen molar-refractivity contribution in [3.63, 3.8) is 0 Å². The van der Waals surface area contributed by atoms with E-state index in [1.54, 1.807) is 12.1 Å². The Morgan fingerprint density at radius 2 is 1.51 bits per heavy atom. The number of allylic oxidation sites excluding steroid dienone is 6. The molecular weight excluding hydrogens is 1180 g/mol. The highest BCUT2D eigenvalue weighted by atomic mass is 32.2. The fourth-order valence-electron chi connectivity index (χ4n) is 10.2. The third-order valence-electron chi connectivity index (χ3n) is 14.2. The van der Waals surface area contributed by atoms with E-state index in [4.69, 9.17) is 14.5 Å². The van der Waals surface area contributed by atoms with E-state index >= 15 is 0 Å². The normalized spacial score (nSPS) is 21.9. The molecule has 1 saturated heterocycles. The predicted octanol–water partition coefficient (Wildman–Crippen LogP) is 5.48. The molecule has 2 unspecified atom stereocenters. The Morgan fingerprint density at radius 3 is 2.20 bits per heavy atom. The van der Waals surface area contributed by atoms with Crippen LogP contribution in [0.3, 0.4) is 0 Å². The van der Waals surface area contributed by atoms with Crippen LogP contribution >= 0.6 is 23.5 Å².